The maximum absolute atomic E-state index is 13.3. The van der Waals surface area contributed by atoms with E-state index in [1.54, 1.807) is 12.3 Å². The molecule has 0 radical (unpaired) electrons. The molecule has 4 nitrogen and oxygen atoms in total. The molecule has 7 heteroatoms. The number of halogens is 2. The van der Waals surface area contributed by atoms with Crippen molar-refractivity contribution < 1.29 is 13.3 Å². The second-order valence-corrected chi connectivity index (χ2v) is 8.77. The number of alkyl halides is 2. The molecule has 0 amide bonds. The van der Waals surface area contributed by atoms with Gasteiger partial charge in [0.2, 0.25) is 0 Å². The van der Waals surface area contributed by atoms with E-state index in [2.05, 4.69) is 9.38 Å². The summed E-state index contributed by atoms with van der Waals surface area (Å²) >= 11 is -1.33. The van der Waals surface area contributed by atoms with Crippen molar-refractivity contribution in [3.8, 4) is 0 Å². The Labute approximate surface area is 139 Å². The zero-order valence-electron chi connectivity index (χ0n) is 14.0. The van der Waals surface area contributed by atoms with Crippen molar-refractivity contribution in [3.63, 3.8) is 0 Å². The van der Waals surface area contributed by atoms with Crippen LogP contribution < -0.4 is 4.90 Å². The number of piperidine rings is 1. The van der Waals surface area contributed by atoms with Crippen molar-refractivity contribution in [1.82, 2.24) is 4.98 Å². The number of aromatic nitrogens is 1. The second-order valence-electron chi connectivity index (χ2n) is 6.84. The van der Waals surface area contributed by atoms with Gasteiger partial charge in [0, 0.05) is 37.2 Å². The van der Waals surface area contributed by atoms with Crippen LogP contribution in [0.3, 0.4) is 0 Å². The fraction of sp³-hybridized carbons (Fsp3) is 0.625. The van der Waals surface area contributed by atoms with Gasteiger partial charge in [-0.05, 0) is 39.8 Å². The van der Waals surface area contributed by atoms with Crippen LogP contribution in [0.5, 0.6) is 0 Å². The molecular formula is C16H23F2N3OS. The number of pyridine rings is 1. The van der Waals surface area contributed by atoms with E-state index >= 15 is 0 Å². The summed E-state index contributed by atoms with van der Waals surface area (Å²) in [5, 5.41) is 0. The minimum absolute atomic E-state index is 0.153. The number of hydrogen-bond acceptors (Lipinski definition) is 4. The summed E-state index contributed by atoms with van der Waals surface area (Å²) in [5.74, 6) is -1.91. The Balaban J connectivity index is 2.15. The van der Waals surface area contributed by atoms with Crippen molar-refractivity contribution in [3.05, 3.63) is 23.4 Å². The first-order valence-electron chi connectivity index (χ1n) is 7.64. The van der Waals surface area contributed by atoms with E-state index in [1.165, 1.54) is 0 Å². The van der Waals surface area contributed by atoms with Crippen LogP contribution >= 0.6 is 0 Å². The van der Waals surface area contributed by atoms with Crippen molar-refractivity contribution in [2.24, 2.45) is 4.40 Å². The van der Waals surface area contributed by atoms with E-state index < -0.39 is 22.0 Å². The van der Waals surface area contributed by atoms with Gasteiger partial charge in [0.15, 0.2) is 0 Å². The maximum atomic E-state index is 13.3. The Morgan fingerprint density at radius 2 is 1.91 bits per heavy atom. The van der Waals surface area contributed by atoms with Gasteiger partial charge in [-0.3, -0.25) is 0 Å². The van der Waals surface area contributed by atoms with Crippen molar-refractivity contribution >= 4 is 23.4 Å². The minimum Gasteiger partial charge on any atom is -0.591 e. The minimum atomic E-state index is -2.58. The van der Waals surface area contributed by atoms with Crippen LogP contribution in [0, 0.1) is 6.92 Å². The standard InChI is InChI=1S/C16H23F2N3OS/c1-12-9-13(11-19-23(22)15(2,3)4)10-14(20-12)21-7-5-16(17,18)6-8-21/h9-11H,5-8H2,1-4H3. The predicted molar refractivity (Wildman–Crippen MR) is 90.9 cm³/mol. The first kappa shape index (κ1) is 18.1. The largest absolute Gasteiger partial charge is 0.591 e. The number of hydrogen-bond donors (Lipinski definition) is 0. The zero-order chi connectivity index (χ0) is 17.3. The van der Waals surface area contributed by atoms with Crippen LogP contribution in [0.25, 0.3) is 0 Å². The van der Waals surface area contributed by atoms with Crippen molar-refractivity contribution in [2.75, 3.05) is 18.0 Å². The molecule has 2 rings (SSSR count). The monoisotopic (exact) mass is 343 g/mol. The van der Waals surface area contributed by atoms with Gasteiger partial charge in [-0.1, -0.05) is 4.40 Å². The summed E-state index contributed by atoms with van der Waals surface area (Å²) in [6.07, 6.45) is 1.26. The van der Waals surface area contributed by atoms with Crippen LogP contribution in [0.2, 0.25) is 0 Å². The van der Waals surface area contributed by atoms with E-state index in [0.29, 0.717) is 5.82 Å². The van der Waals surface area contributed by atoms with Crippen LogP contribution in [-0.2, 0) is 11.4 Å². The topological polar surface area (TPSA) is 51.6 Å². The second kappa shape index (κ2) is 6.73. The highest BCUT2D eigenvalue weighted by molar-refractivity contribution is 7.91. The van der Waals surface area contributed by atoms with Crippen LogP contribution in [-0.4, -0.2) is 39.5 Å². The van der Waals surface area contributed by atoms with Gasteiger partial charge in [0.25, 0.3) is 5.92 Å². The molecule has 128 valence electrons. The van der Waals surface area contributed by atoms with Gasteiger partial charge >= 0.3 is 0 Å². The Morgan fingerprint density at radius 3 is 2.48 bits per heavy atom. The third kappa shape index (κ3) is 5.14. The molecule has 1 aromatic heterocycles. The van der Waals surface area contributed by atoms with E-state index in [1.807, 2.05) is 38.7 Å². The molecule has 0 N–H and O–H groups in total. The molecule has 23 heavy (non-hydrogen) atoms. The molecule has 0 spiro atoms. The maximum Gasteiger partial charge on any atom is 0.251 e. The summed E-state index contributed by atoms with van der Waals surface area (Å²) in [5.41, 5.74) is 1.56. The highest BCUT2D eigenvalue weighted by Gasteiger charge is 2.34. The first-order valence-corrected chi connectivity index (χ1v) is 8.75. The molecular weight excluding hydrogens is 320 g/mol. The fourth-order valence-electron chi connectivity index (χ4n) is 2.24. The van der Waals surface area contributed by atoms with Crippen LogP contribution in [0.1, 0.15) is 44.9 Å². The average molecular weight is 343 g/mol. The Kier molecular flexibility index (Phi) is 5.30. The van der Waals surface area contributed by atoms with E-state index in [0.717, 1.165) is 11.3 Å². The summed E-state index contributed by atoms with van der Waals surface area (Å²) in [6.45, 7) is 7.99. The summed E-state index contributed by atoms with van der Waals surface area (Å²) in [7, 11) is 0. The molecule has 1 aliphatic rings. The number of rotatable bonds is 3. The average Bonchev–Trinajstić information content (AvgIpc) is 2.43. The Morgan fingerprint density at radius 1 is 1.30 bits per heavy atom. The highest BCUT2D eigenvalue weighted by atomic mass is 32.2. The van der Waals surface area contributed by atoms with Gasteiger partial charge in [-0.25, -0.2) is 13.8 Å². The van der Waals surface area contributed by atoms with Gasteiger partial charge in [-0.2, -0.15) is 0 Å². The van der Waals surface area contributed by atoms with Crippen LogP contribution in [0.15, 0.2) is 16.5 Å². The normalized spacial score (nSPS) is 20.0. The summed E-state index contributed by atoms with van der Waals surface area (Å²) in [6, 6.07) is 3.64. The molecule has 1 aliphatic heterocycles. The number of anilines is 1. The zero-order valence-corrected chi connectivity index (χ0v) is 14.8. The molecule has 0 saturated carbocycles. The van der Waals surface area contributed by atoms with Gasteiger partial charge < -0.3 is 9.45 Å². The lowest BCUT2D eigenvalue weighted by Crippen LogP contribution is -2.39. The van der Waals surface area contributed by atoms with E-state index in [-0.39, 0.29) is 25.9 Å². The first-order chi connectivity index (χ1) is 10.6. The number of aryl methyl sites for hydroxylation is 1. The Bertz CT molecular complexity index is 577. The predicted octanol–water partition coefficient (Wildman–Crippen LogP) is 3.51. The lowest BCUT2D eigenvalue weighted by Gasteiger charge is -2.32. The van der Waals surface area contributed by atoms with E-state index in [9.17, 15) is 13.3 Å². The SMILES string of the molecule is Cc1cc(C=N[S+]([O-])C(C)(C)C)cc(N2CCC(F)(F)CC2)n1. The third-order valence-corrected chi connectivity index (χ3v) is 4.95. The molecule has 1 saturated heterocycles. The third-order valence-electron chi connectivity index (χ3n) is 3.60. The highest BCUT2D eigenvalue weighted by Crippen LogP contribution is 2.30. The number of nitrogens with zero attached hydrogens (tertiary/aromatic N) is 3. The summed E-state index contributed by atoms with van der Waals surface area (Å²) < 4.78 is 42.2. The molecule has 1 unspecified atom stereocenters. The molecule has 2 heterocycles. The van der Waals surface area contributed by atoms with Crippen molar-refractivity contribution in [2.45, 2.75) is 51.2 Å². The van der Waals surface area contributed by atoms with Gasteiger partial charge in [0.05, 0.1) is 6.21 Å². The molecule has 0 bridgehead atoms. The smallest absolute Gasteiger partial charge is 0.251 e. The molecule has 0 aromatic carbocycles. The van der Waals surface area contributed by atoms with Crippen LogP contribution in [0.4, 0.5) is 14.6 Å². The Hall–Kier alpha value is -1.21. The van der Waals surface area contributed by atoms with Crippen molar-refractivity contribution in [1.29, 1.82) is 0 Å². The quantitative estimate of drug-likeness (QED) is 0.623. The lowest BCUT2D eigenvalue weighted by atomic mass is 10.1. The molecule has 1 aromatic rings. The summed E-state index contributed by atoms with van der Waals surface area (Å²) in [4.78, 5) is 6.29. The lowest BCUT2D eigenvalue weighted by molar-refractivity contribution is -0.0221. The van der Waals surface area contributed by atoms with Gasteiger partial charge in [-0.15, -0.1) is 0 Å². The molecule has 1 fully saturated rings. The van der Waals surface area contributed by atoms with E-state index in [4.69, 9.17) is 0 Å². The molecule has 1 atom stereocenters. The van der Waals surface area contributed by atoms with Gasteiger partial charge in [0.1, 0.15) is 21.9 Å². The fourth-order valence-corrected chi connectivity index (χ4v) is 2.78. The molecule has 0 aliphatic carbocycles.